The summed E-state index contributed by atoms with van der Waals surface area (Å²) >= 11 is 1.59. The molecule has 0 bridgehead atoms. The second kappa shape index (κ2) is 8.07. The van der Waals surface area contributed by atoms with E-state index in [1.165, 1.54) is 4.90 Å². The number of fused-ring (bicyclic) bond motifs is 1. The van der Waals surface area contributed by atoms with Gasteiger partial charge in [0.25, 0.3) is 17.7 Å². The summed E-state index contributed by atoms with van der Waals surface area (Å²) in [4.78, 5) is 46.0. The van der Waals surface area contributed by atoms with Gasteiger partial charge in [0.15, 0.2) is 0 Å². The molecule has 1 fully saturated rings. The lowest BCUT2D eigenvalue weighted by molar-refractivity contribution is 0.0606. The molecule has 7 heteroatoms. The minimum Gasteiger partial charge on any atom is -0.329 e. The molecule has 5 rings (SSSR count). The van der Waals surface area contributed by atoms with Gasteiger partial charge in [-0.1, -0.05) is 24.3 Å². The fourth-order valence-electron chi connectivity index (χ4n) is 4.31. The van der Waals surface area contributed by atoms with Gasteiger partial charge in [-0.3, -0.25) is 19.3 Å². The molecule has 3 amide bonds. The molecule has 3 aromatic rings. The number of aromatic nitrogens is 1. The van der Waals surface area contributed by atoms with Gasteiger partial charge >= 0.3 is 0 Å². The molecule has 3 heterocycles. The van der Waals surface area contributed by atoms with Crippen LogP contribution in [0.25, 0.3) is 0 Å². The van der Waals surface area contributed by atoms with Gasteiger partial charge in [-0.15, -0.1) is 11.3 Å². The number of benzene rings is 2. The van der Waals surface area contributed by atoms with E-state index < -0.39 is 0 Å². The third-order valence-electron chi connectivity index (χ3n) is 5.92. The van der Waals surface area contributed by atoms with Crippen molar-refractivity contribution in [2.75, 3.05) is 6.54 Å². The van der Waals surface area contributed by atoms with Gasteiger partial charge in [0, 0.05) is 23.7 Å². The number of thiazole rings is 1. The molecule has 1 aromatic heterocycles. The molecule has 6 nitrogen and oxygen atoms in total. The lowest BCUT2D eigenvalue weighted by Crippen LogP contribution is -2.38. The van der Waals surface area contributed by atoms with E-state index in [0.29, 0.717) is 16.7 Å². The standard InChI is InChI=1S/C24H21N3O3S/c28-22(26-13-4-3-7-20(26)21-25-12-14-31-21)17-10-8-16(9-11-17)15-27-23(29)18-5-1-2-6-19(18)24(27)30/h1-2,5-6,8-12,14,20H,3-4,7,13,15H2. The van der Waals surface area contributed by atoms with Crippen molar-refractivity contribution >= 4 is 29.1 Å². The van der Waals surface area contributed by atoms with Gasteiger partial charge in [0.05, 0.1) is 23.7 Å². The van der Waals surface area contributed by atoms with E-state index in [0.717, 1.165) is 36.4 Å². The maximum absolute atomic E-state index is 13.2. The minimum atomic E-state index is -0.277. The molecule has 0 saturated carbocycles. The highest BCUT2D eigenvalue weighted by atomic mass is 32.1. The van der Waals surface area contributed by atoms with Crippen molar-refractivity contribution in [2.45, 2.75) is 31.8 Å². The Balaban J connectivity index is 1.32. The molecule has 156 valence electrons. The van der Waals surface area contributed by atoms with E-state index in [1.54, 1.807) is 53.9 Å². The van der Waals surface area contributed by atoms with Gasteiger partial charge in [-0.25, -0.2) is 4.98 Å². The summed E-state index contributed by atoms with van der Waals surface area (Å²) in [6, 6.07) is 14.1. The van der Waals surface area contributed by atoms with Gasteiger partial charge in [0.1, 0.15) is 5.01 Å². The highest BCUT2D eigenvalue weighted by molar-refractivity contribution is 7.09. The van der Waals surface area contributed by atoms with Crippen molar-refractivity contribution in [1.82, 2.24) is 14.8 Å². The van der Waals surface area contributed by atoms with Crippen LogP contribution in [-0.4, -0.2) is 39.1 Å². The molecule has 2 aliphatic rings. The lowest BCUT2D eigenvalue weighted by atomic mass is 10.0. The van der Waals surface area contributed by atoms with Crippen molar-refractivity contribution in [3.63, 3.8) is 0 Å². The van der Waals surface area contributed by atoms with Crippen LogP contribution in [0, 0.1) is 0 Å². The highest BCUT2D eigenvalue weighted by Crippen LogP contribution is 2.33. The van der Waals surface area contributed by atoms with Crippen molar-refractivity contribution in [3.05, 3.63) is 87.4 Å². The molecule has 1 atom stereocenters. The SMILES string of the molecule is O=C1c2ccccc2C(=O)N1Cc1ccc(C(=O)N2CCCCC2c2nccs2)cc1. The molecule has 0 spiro atoms. The monoisotopic (exact) mass is 431 g/mol. The van der Waals surface area contributed by atoms with Crippen LogP contribution in [0.4, 0.5) is 0 Å². The molecule has 1 unspecified atom stereocenters. The van der Waals surface area contributed by atoms with Crippen molar-refractivity contribution in [1.29, 1.82) is 0 Å². The first-order chi connectivity index (χ1) is 15.1. The summed E-state index contributed by atoms with van der Waals surface area (Å²) in [7, 11) is 0. The number of amides is 3. The van der Waals surface area contributed by atoms with E-state index in [4.69, 9.17) is 0 Å². The third kappa shape index (κ3) is 3.55. The first kappa shape index (κ1) is 19.6. The van der Waals surface area contributed by atoms with Crippen LogP contribution in [0.3, 0.4) is 0 Å². The first-order valence-electron chi connectivity index (χ1n) is 10.4. The Hall–Kier alpha value is -3.32. The van der Waals surface area contributed by atoms with Crippen LogP contribution in [-0.2, 0) is 6.54 Å². The van der Waals surface area contributed by atoms with E-state index in [2.05, 4.69) is 4.98 Å². The smallest absolute Gasteiger partial charge is 0.261 e. The quantitative estimate of drug-likeness (QED) is 0.577. The summed E-state index contributed by atoms with van der Waals surface area (Å²) in [6.07, 6.45) is 4.79. The van der Waals surface area contributed by atoms with Crippen molar-refractivity contribution in [3.8, 4) is 0 Å². The number of carbonyl (C=O) groups excluding carboxylic acids is 3. The van der Waals surface area contributed by atoms with Gasteiger partial charge in [-0.2, -0.15) is 0 Å². The average molecular weight is 432 g/mol. The summed E-state index contributed by atoms with van der Waals surface area (Å²) in [5.74, 6) is -0.562. The van der Waals surface area contributed by atoms with E-state index >= 15 is 0 Å². The molecule has 0 N–H and O–H groups in total. The molecule has 0 aliphatic carbocycles. The number of carbonyl (C=O) groups is 3. The van der Waals surface area contributed by atoms with E-state index in [-0.39, 0.29) is 30.3 Å². The number of likely N-dealkylation sites (tertiary alicyclic amines) is 1. The maximum atomic E-state index is 13.2. The lowest BCUT2D eigenvalue weighted by Gasteiger charge is -2.34. The Morgan fingerprint density at radius 1 is 1.00 bits per heavy atom. The molecular formula is C24H21N3O3S. The van der Waals surface area contributed by atoms with Crippen LogP contribution in [0.1, 0.15) is 66.9 Å². The number of rotatable bonds is 4. The van der Waals surface area contributed by atoms with E-state index in [9.17, 15) is 14.4 Å². The second-order valence-corrected chi connectivity index (χ2v) is 8.75. The van der Waals surface area contributed by atoms with Crippen LogP contribution in [0.2, 0.25) is 0 Å². The number of hydrogen-bond donors (Lipinski definition) is 0. The molecule has 1 saturated heterocycles. The van der Waals surface area contributed by atoms with Gasteiger partial charge in [-0.05, 0) is 49.1 Å². The number of piperidine rings is 1. The number of hydrogen-bond acceptors (Lipinski definition) is 5. The Kier molecular flexibility index (Phi) is 5.11. The van der Waals surface area contributed by atoms with Crippen LogP contribution < -0.4 is 0 Å². The second-order valence-electron chi connectivity index (χ2n) is 7.82. The Labute approximate surface area is 184 Å². The zero-order valence-corrected chi connectivity index (χ0v) is 17.7. The van der Waals surface area contributed by atoms with Crippen LogP contribution in [0.5, 0.6) is 0 Å². The van der Waals surface area contributed by atoms with Crippen LogP contribution >= 0.6 is 11.3 Å². The molecule has 0 radical (unpaired) electrons. The van der Waals surface area contributed by atoms with Crippen molar-refractivity contribution < 1.29 is 14.4 Å². The third-order valence-corrected chi connectivity index (χ3v) is 6.80. The van der Waals surface area contributed by atoms with Gasteiger partial charge in [0.2, 0.25) is 0 Å². The normalized spacial score (nSPS) is 18.4. The zero-order chi connectivity index (χ0) is 21.4. The van der Waals surface area contributed by atoms with Crippen molar-refractivity contribution in [2.24, 2.45) is 0 Å². The molecule has 2 aliphatic heterocycles. The fourth-order valence-corrected chi connectivity index (χ4v) is 5.10. The number of nitrogens with zero attached hydrogens (tertiary/aromatic N) is 3. The predicted molar refractivity (Wildman–Crippen MR) is 117 cm³/mol. The topological polar surface area (TPSA) is 70.6 Å². The summed E-state index contributed by atoms with van der Waals surface area (Å²) in [5.41, 5.74) is 2.30. The zero-order valence-electron chi connectivity index (χ0n) is 16.9. The molecular weight excluding hydrogens is 410 g/mol. The highest BCUT2D eigenvalue weighted by Gasteiger charge is 2.35. The fraction of sp³-hybridized carbons (Fsp3) is 0.250. The summed E-state index contributed by atoms with van der Waals surface area (Å²) in [6.45, 7) is 0.909. The molecule has 31 heavy (non-hydrogen) atoms. The Morgan fingerprint density at radius 3 is 2.35 bits per heavy atom. The average Bonchev–Trinajstić information content (AvgIpc) is 3.43. The first-order valence-corrected chi connectivity index (χ1v) is 11.3. The van der Waals surface area contributed by atoms with Crippen LogP contribution in [0.15, 0.2) is 60.1 Å². The van der Waals surface area contributed by atoms with E-state index in [1.807, 2.05) is 22.4 Å². The summed E-state index contributed by atoms with van der Waals surface area (Å²) in [5, 5.41) is 2.93. The maximum Gasteiger partial charge on any atom is 0.261 e. The van der Waals surface area contributed by atoms with Gasteiger partial charge < -0.3 is 4.90 Å². The largest absolute Gasteiger partial charge is 0.329 e. The Bertz CT molecular complexity index is 1110. The molecule has 2 aromatic carbocycles. The Morgan fingerprint density at radius 2 is 1.71 bits per heavy atom. The predicted octanol–water partition coefficient (Wildman–Crippen LogP) is 4.31. The minimum absolute atomic E-state index is 0.00724. The summed E-state index contributed by atoms with van der Waals surface area (Å²) < 4.78 is 0. The number of imide groups is 1.